The Morgan fingerprint density at radius 2 is 1.56 bits per heavy atom. The highest BCUT2D eigenvalue weighted by Crippen LogP contribution is 2.21. The zero-order valence-electron chi connectivity index (χ0n) is 25.2. The molecular weight excluding hydrogens is 566 g/mol. The van der Waals surface area contributed by atoms with Crippen molar-refractivity contribution in [2.24, 2.45) is 0 Å². The van der Waals surface area contributed by atoms with Crippen LogP contribution < -0.4 is 9.47 Å². The average Bonchev–Trinajstić information content (AvgIpc) is 3.03. The number of esters is 2. The number of hydrogen-bond acceptors (Lipinski definition) is 8. The molecule has 0 bridgehead atoms. The van der Waals surface area contributed by atoms with E-state index in [1.807, 2.05) is 18.2 Å². The van der Waals surface area contributed by atoms with E-state index in [1.165, 1.54) is 45.1 Å². The highest BCUT2D eigenvalue weighted by Gasteiger charge is 2.12. The van der Waals surface area contributed by atoms with E-state index in [9.17, 15) is 13.8 Å². The van der Waals surface area contributed by atoms with Gasteiger partial charge in [-0.25, -0.2) is 14.6 Å². The number of rotatable bonds is 18. The number of nitrogens with zero attached hydrogens (tertiary/aromatic N) is 1. The zero-order chi connectivity index (χ0) is 30.9. The standard InChI is InChI=1S/C34H41NO7S/c1-39-30-17-14-26(15-18-30)11-8-6-4-5-7-9-22-42-32-20-16-29(35-31(32)19-21-33(36)40-2)25-43(38)24-27-12-10-13-28(23-27)34(37)41-3/h10,12-21,23H,4-9,11,22,24-25H2,1-3H3/b21-19+. The minimum Gasteiger partial charge on any atom is -0.497 e. The fraction of sp³-hybridized carbons (Fsp3) is 0.382. The molecule has 0 N–H and O–H groups in total. The van der Waals surface area contributed by atoms with Crippen LogP contribution in [0.5, 0.6) is 11.5 Å². The topological polar surface area (TPSA) is 101 Å². The van der Waals surface area contributed by atoms with E-state index in [0.29, 0.717) is 29.3 Å². The van der Waals surface area contributed by atoms with Gasteiger partial charge in [0.25, 0.3) is 0 Å². The first-order valence-electron chi connectivity index (χ1n) is 14.5. The van der Waals surface area contributed by atoms with Crippen molar-refractivity contribution in [1.82, 2.24) is 4.98 Å². The molecule has 8 nitrogen and oxygen atoms in total. The Kier molecular flexibility index (Phi) is 14.4. The van der Waals surface area contributed by atoms with Gasteiger partial charge in [0.05, 0.1) is 44.9 Å². The molecule has 0 amide bonds. The van der Waals surface area contributed by atoms with Gasteiger partial charge in [-0.3, -0.25) is 4.21 Å². The van der Waals surface area contributed by atoms with Crippen molar-refractivity contribution in [3.63, 3.8) is 0 Å². The fourth-order valence-electron chi connectivity index (χ4n) is 4.46. The van der Waals surface area contributed by atoms with Crippen LogP contribution in [0.25, 0.3) is 6.08 Å². The van der Waals surface area contributed by atoms with E-state index < -0.39 is 22.7 Å². The molecule has 2 aromatic carbocycles. The predicted octanol–water partition coefficient (Wildman–Crippen LogP) is 6.47. The molecule has 0 aliphatic carbocycles. The summed E-state index contributed by atoms with van der Waals surface area (Å²) in [5.41, 5.74) is 3.60. The quantitative estimate of drug-likeness (QED) is 0.0921. The Hall–Kier alpha value is -3.98. The van der Waals surface area contributed by atoms with Crippen LogP contribution in [0.3, 0.4) is 0 Å². The number of unbranched alkanes of at least 4 members (excludes halogenated alkanes) is 5. The summed E-state index contributed by atoms with van der Waals surface area (Å²) in [4.78, 5) is 28.1. The lowest BCUT2D eigenvalue weighted by molar-refractivity contribution is -0.134. The van der Waals surface area contributed by atoms with Crippen LogP contribution in [-0.4, -0.2) is 49.1 Å². The summed E-state index contributed by atoms with van der Waals surface area (Å²) in [5.74, 6) is 0.976. The molecule has 230 valence electrons. The van der Waals surface area contributed by atoms with E-state index in [4.69, 9.17) is 18.9 Å². The fourth-order valence-corrected chi connectivity index (χ4v) is 5.61. The van der Waals surface area contributed by atoms with E-state index in [2.05, 4.69) is 17.1 Å². The molecule has 9 heteroatoms. The molecule has 0 spiro atoms. The largest absolute Gasteiger partial charge is 0.497 e. The maximum absolute atomic E-state index is 12.9. The summed E-state index contributed by atoms with van der Waals surface area (Å²) in [6.45, 7) is 0.536. The molecule has 1 atom stereocenters. The van der Waals surface area contributed by atoms with Gasteiger partial charge < -0.3 is 18.9 Å². The van der Waals surface area contributed by atoms with Crippen LogP contribution in [0, 0.1) is 0 Å². The van der Waals surface area contributed by atoms with Crippen LogP contribution in [-0.2, 0) is 43.0 Å². The third kappa shape index (κ3) is 12.0. The summed E-state index contributed by atoms with van der Waals surface area (Å²) >= 11 is 0. The molecule has 0 radical (unpaired) electrons. The first-order chi connectivity index (χ1) is 20.9. The second-order valence-electron chi connectivity index (χ2n) is 10.0. The van der Waals surface area contributed by atoms with Gasteiger partial charge in [0.1, 0.15) is 17.2 Å². The van der Waals surface area contributed by atoms with Gasteiger partial charge in [0.2, 0.25) is 0 Å². The van der Waals surface area contributed by atoms with Crippen molar-refractivity contribution in [3.8, 4) is 11.5 Å². The first-order valence-corrected chi connectivity index (χ1v) is 15.9. The van der Waals surface area contributed by atoms with Crippen molar-refractivity contribution >= 4 is 28.8 Å². The molecule has 43 heavy (non-hydrogen) atoms. The van der Waals surface area contributed by atoms with Gasteiger partial charge in [0.15, 0.2) is 0 Å². The molecule has 1 aromatic heterocycles. The number of ether oxygens (including phenoxy) is 4. The maximum Gasteiger partial charge on any atom is 0.337 e. The third-order valence-corrected chi connectivity index (χ3v) is 8.06. The monoisotopic (exact) mass is 607 g/mol. The zero-order valence-corrected chi connectivity index (χ0v) is 26.0. The summed E-state index contributed by atoms with van der Waals surface area (Å²) in [6, 6.07) is 18.7. The molecular formula is C34H41NO7S. The highest BCUT2D eigenvalue weighted by atomic mass is 32.2. The number of pyridine rings is 1. The van der Waals surface area contributed by atoms with Gasteiger partial charge in [-0.2, -0.15) is 0 Å². The van der Waals surface area contributed by atoms with Crippen LogP contribution in [0.4, 0.5) is 0 Å². The number of benzene rings is 2. The lowest BCUT2D eigenvalue weighted by atomic mass is 10.0. The van der Waals surface area contributed by atoms with Gasteiger partial charge >= 0.3 is 11.9 Å². The van der Waals surface area contributed by atoms with Crippen molar-refractivity contribution in [2.45, 2.75) is 56.5 Å². The Morgan fingerprint density at radius 3 is 2.28 bits per heavy atom. The molecule has 0 fully saturated rings. The Bertz CT molecular complexity index is 1370. The van der Waals surface area contributed by atoms with Crippen molar-refractivity contribution < 1.29 is 32.7 Å². The minimum atomic E-state index is -1.28. The molecule has 0 aliphatic heterocycles. The number of carbonyl (C=O) groups is 2. The summed E-state index contributed by atoms with van der Waals surface area (Å²) in [6.07, 6.45) is 10.6. The van der Waals surface area contributed by atoms with Crippen molar-refractivity contribution in [1.29, 1.82) is 0 Å². The van der Waals surface area contributed by atoms with Gasteiger partial charge in [-0.1, -0.05) is 49.9 Å². The average molecular weight is 608 g/mol. The van der Waals surface area contributed by atoms with Crippen LogP contribution in [0.15, 0.2) is 66.7 Å². The van der Waals surface area contributed by atoms with Crippen molar-refractivity contribution in [3.05, 3.63) is 94.8 Å². The van der Waals surface area contributed by atoms with Gasteiger partial charge in [-0.15, -0.1) is 0 Å². The summed E-state index contributed by atoms with van der Waals surface area (Å²) in [5, 5.41) is 0. The molecule has 0 saturated carbocycles. The van der Waals surface area contributed by atoms with Crippen LogP contribution >= 0.6 is 0 Å². The lowest BCUT2D eigenvalue weighted by Gasteiger charge is -2.11. The molecule has 1 unspecified atom stereocenters. The molecule has 0 aliphatic rings. The minimum absolute atomic E-state index is 0.209. The molecule has 3 aromatic rings. The Balaban J connectivity index is 1.46. The molecule has 1 heterocycles. The predicted molar refractivity (Wildman–Crippen MR) is 169 cm³/mol. The van der Waals surface area contributed by atoms with E-state index in [-0.39, 0.29) is 11.5 Å². The summed E-state index contributed by atoms with van der Waals surface area (Å²) in [7, 11) is 3.04. The van der Waals surface area contributed by atoms with Gasteiger partial charge in [0, 0.05) is 22.6 Å². The van der Waals surface area contributed by atoms with Gasteiger partial charge in [-0.05, 0) is 72.9 Å². The number of aromatic nitrogens is 1. The first kappa shape index (κ1) is 33.5. The van der Waals surface area contributed by atoms with Crippen LogP contribution in [0.2, 0.25) is 0 Å². The number of hydrogen-bond donors (Lipinski definition) is 0. The number of carbonyl (C=O) groups excluding carboxylic acids is 2. The lowest BCUT2D eigenvalue weighted by Crippen LogP contribution is -2.06. The molecule has 3 rings (SSSR count). The SMILES string of the molecule is COC(=O)/C=C/c1nc(CS(=O)Cc2cccc(C(=O)OC)c2)ccc1OCCCCCCCCc1ccc(OC)cc1. The van der Waals surface area contributed by atoms with Crippen LogP contribution in [0.1, 0.15) is 71.4 Å². The number of aryl methyl sites for hydroxylation is 1. The van der Waals surface area contributed by atoms with E-state index >= 15 is 0 Å². The van der Waals surface area contributed by atoms with Crippen molar-refractivity contribution in [2.75, 3.05) is 27.9 Å². The summed E-state index contributed by atoms with van der Waals surface area (Å²) < 4.78 is 33.6. The highest BCUT2D eigenvalue weighted by molar-refractivity contribution is 7.83. The normalized spacial score (nSPS) is 11.7. The van der Waals surface area contributed by atoms with E-state index in [0.717, 1.165) is 37.0 Å². The third-order valence-electron chi connectivity index (χ3n) is 6.78. The second-order valence-corrected chi connectivity index (χ2v) is 11.5. The molecule has 0 saturated heterocycles. The number of methoxy groups -OCH3 is 3. The maximum atomic E-state index is 12.9. The second kappa shape index (κ2) is 18.5. The Morgan fingerprint density at radius 1 is 0.814 bits per heavy atom. The van der Waals surface area contributed by atoms with E-state index in [1.54, 1.807) is 43.5 Å². The smallest absolute Gasteiger partial charge is 0.337 e. The Labute approximate surface area is 256 Å².